The molecule has 7 heteroatoms. The molecule has 1 N–H and O–H groups in total. The van der Waals surface area contributed by atoms with E-state index in [1.807, 2.05) is 6.07 Å². The Morgan fingerprint density at radius 2 is 2.00 bits per heavy atom. The Hall–Kier alpha value is -0.920. The van der Waals surface area contributed by atoms with Crippen molar-refractivity contribution in [2.45, 2.75) is 10.1 Å². The zero-order valence-corrected chi connectivity index (χ0v) is 12.8. The number of aromatic carboxylic acids is 1. The van der Waals surface area contributed by atoms with Gasteiger partial charge in [-0.15, -0.1) is 0 Å². The Labute approximate surface area is 124 Å². The maximum atomic E-state index is 10.7. The van der Waals surface area contributed by atoms with Gasteiger partial charge >= 0.3 is 5.97 Å². The highest BCUT2D eigenvalue weighted by molar-refractivity contribution is 9.11. The Morgan fingerprint density at radius 1 is 1.22 bits per heavy atom. The van der Waals surface area contributed by atoms with E-state index in [-0.39, 0.29) is 5.56 Å². The van der Waals surface area contributed by atoms with E-state index in [4.69, 9.17) is 5.11 Å². The summed E-state index contributed by atoms with van der Waals surface area (Å²) in [6.45, 7) is 0. The Bertz CT molecular complexity index is 590. The molecular weight excluding hydrogens is 384 g/mol. The topological polar surface area (TPSA) is 63.1 Å². The van der Waals surface area contributed by atoms with Crippen molar-refractivity contribution in [3.63, 3.8) is 0 Å². The summed E-state index contributed by atoms with van der Waals surface area (Å²) in [7, 11) is 0. The summed E-state index contributed by atoms with van der Waals surface area (Å²) in [4.78, 5) is 19.0. The molecule has 0 saturated carbocycles. The molecule has 2 aromatic rings. The van der Waals surface area contributed by atoms with E-state index in [0.717, 1.165) is 14.0 Å². The van der Waals surface area contributed by atoms with Crippen LogP contribution in [0.2, 0.25) is 0 Å². The lowest BCUT2D eigenvalue weighted by Gasteiger charge is -2.03. The molecule has 0 aliphatic carbocycles. The molecule has 2 heterocycles. The number of carbonyl (C=O) groups is 1. The van der Waals surface area contributed by atoms with Crippen LogP contribution in [0.15, 0.2) is 49.6 Å². The molecule has 0 unspecified atom stereocenters. The SMILES string of the molecule is O=C(O)c1ccc(Sc2ncc(Br)cc2Br)nc1. The second-order valence-electron chi connectivity index (χ2n) is 3.23. The predicted molar refractivity (Wildman–Crippen MR) is 75.0 cm³/mol. The number of hydrogen-bond donors (Lipinski definition) is 1. The van der Waals surface area contributed by atoms with Crippen molar-refractivity contribution >= 4 is 49.6 Å². The van der Waals surface area contributed by atoms with Crippen molar-refractivity contribution in [2.75, 3.05) is 0 Å². The lowest BCUT2D eigenvalue weighted by atomic mass is 10.3. The number of halogens is 2. The van der Waals surface area contributed by atoms with Gasteiger partial charge in [0.1, 0.15) is 10.1 Å². The van der Waals surface area contributed by atoms with Crippen molar-refractivity contribution in [3.8, 4) is 0 Å². The minimum Gasteiger partial charge on any atom is -0.478 e. The lowest BCUT2D eigenvalue weighted by molar-refractivity contribution is 0.0696. The van der Waals surface area contributed by atoms with Gasteiger partial charge in [0.25, 0.3) is 0 Å². The van der Waals surface area contributed by atoms with Gasteiger partial charge in [0.15, 0.2) is 0 Å². The molecule has 2 aromatic heterocycles. The summed E-state index contributed by atoms with van der Waals surface area (Å²) in [5.74, 6) is -0.984. The molecule has 4 nitrogen and oxygen atoms in total. The fourth-order valence-electron chi connectivity index (χ4n) is 1.14. The Balaban J connectivity index is 2.21. The van der Waals surface area contributed by atoms with Crippen molar-refractivity contribution in [1.82, 2.24) is 9.97 Å². The van der Waals surface area contributed by atoms with E-state index in [0.29, 0.717) is 5.03 Å². The number of rotatable bonds is 3. The van der Waals surface area contributed by atoms with Gasteiger partial charge in [0.2, 0.25) is 0 Å². The highest BCUT2D eigenvalue weighted by atomic mass is 79.9. The lowest BCUT2D eigenvalue weighted by Crippen LogP contribution is -1.96. The van der Waals surface area contributed by atoms with E-state index in [2.05, 4.69) is 41.8 Å². The summed E-state index contributed by atoms with van der Waals surface area (Å²) in [5.41, 5.74) is 0.169. The highest BCUT2D eigenvalue weighted by Gasteiger charge is 2.07. The van der Waals surface area contributed by atoms with E-state index in [1.54, 1.807) is 12.3 Å². The van der Waals surface area contributed by atoms with Gasteiger partial charge in [-0.2, -0.15) is 0 Å². The molecule has 92 valence electrons. The molecule has 0 spiro atoms. The zero-order chi connectivity index (χ0) is 13.1. The first kappa shape index (κ1) is 13.5. The molecule has 0 aliphatic heterocycles. The smallest absolute Gasteiger partial charge is 0.337 e. The van der Waals surface area contributed by atoms with Gasteiger partial charge < -0.3 is 5.11 Å². The van der Waals surface area contributed by atoms with Gasteiger partial charge in [-0.05, 0) is 61.8 Å². The second-order valence-corrected chi connectivity index (χ2v) is 6.01. The second kappa shape index (κ2) is 5.81. The first-order valence-electron chi connectivity index (χ1n) is 4.74. The van der Waals surface area contributed by atoms with Crippen LogP contribution in [-0.4, -0.2) is 21.0 Å². The maximum Gasteiger partial charge on any atom is 0.337 e. The van der Waals surface area contributed by atoms with Crippen LogP contribution in [-0.2, 0) is 0 Å². The van der Waals surface area contributed by atoms with Crippen LogP contribution in [0.25, 0.3) is 0 Å². The van der Waals surface area contributed by atoms with E-state index < -0.39 is 5.97 Å². The standard InChI is InChI=1S/C11H6Br2N2O2S/c12-7-3-8(13)10(15-5-7)18-9-2-1-6(4-14-9)11(16)17/h1-5H,(H,16,17). The van der Waals surface area contributed by atoms with E-state index >= 15 is 0 Å². The normalized spacial score (nSPS) is 10.3. The molecule has 0 aromatic carbocycles. The van der Waals surface area contributed by atoms with Gasteiger partial charge in [-0.25, -0.2) is 14.8 Å². The average Bonchev–Trinajstić information content (AvgIpc) is 2.33. The predicted octanol–water partition coefficient (Wildman–Crippen LogP) is 3.85. The third-order valence-corrected chi connectivity index (χ3v) is 4.23. The first-order chi connectivity index (χ1) is 8.56. The molecule has 0 amide bonds. The third kappa shape index (κ3) is 3.30. The van der Waals surface area contributed by atoms with Gasteiger partial charge in [0, 0.05) is 16.9 Å². The summed E-state index contributed by atoms with van der Waals surface area (Å²) >= 11 is 8.09. The summed E-state index contributed by atoms with van der Waals surface area (Å²) in [5, 5.41) is 10.2. The summed E-state index contributed by atoms with van der Waals surface area (Å²) in [6.07, 6.45) is 3.02. The van der Waals surface area contributed by atoms with Crippen LogP contribution in [0.5, 0.6) is 0 Å². The van der Waals surface area contributed by atoms with Gasteiger partial charge in [-0.1, -0.05) is 0 Å². The zero-order valence-electron chi connectivity index (χ0n) is 8.80. The molecule has 0 radical (unpaired) electrons. The molecule has 0 aliphatic rings. The maximum absolute atomic E-state index is 10.7. The minimum atomic E-state index is -0.984. The number of carboxylic acids is 1. The largest absolute Gasteiger partial charge is 0.478 e. The van der Waals surface area contributed by atoms with Crippen LogP contribution in [0.1, 0.15) is 10.4 Å². The van der Waals surface area contributed by atoms with Gasteiger partial charge in [-0.3, -0.25) is 0 Å². The van der Waals surface area contributed by atoms with E-state index in [1.165, 1.54) is 24.0 Å². The van der Waals surface area contributed by atoms with Gasteiger partial charge in [0.05, 0.1) is 10.0 Å². The van der Waals surface area contributed by atoms with Crippen LogP contribution < -0.4 is 0 Å². The molecule has 0 fully saturated rings. The molecule has 0 bridgehead atoms. The minimum absolute atomic E-state index is 0.169. The molecule has 0 atom stereocenters. The average molecular weight is 390 g/mol. The molecule has 18 heavy (non-hydrogen) atoms. The fourth-order valence-corrected chi connectivity index (χ4v) is 3.08. The number of carboxylic acid groups (broad SMARTS) is 1. The third-order valence-electron chi connectivity index (χ3n) is 1.96. The molecule has 0 saturated heterocycles. The quantitative estimate of drug-likeness (QED) is 0.863. The van der Waals surface area contributed by atoms with Crippen LogP contribution in [0, 0.1) is 0 Å². The Morgan fingerprint density at radius 3 is 2.56 bits per heavy atom. The monoisotopic (exact) mass is 388 g/mol. The van der Waals surface area contributed by atoms with Crippen molar-refractivity contribution in [3.05, 3.63) is 45.1 Å². The number of nitrogens with zero attached hydrogens (tertiary/aromatic N) is 2. The number of pyridine rings is 2. The Kier molecular flexibility index (Phi) is 4.36. The summed E-state index contributed by atoms with van der Waals surface area (Å²) in [6, 6.07) is 5.07. The van der Waals surface area contributed by atoms with Crippen LogP contribution in [0.3, 0.4) is 0 Å². The van der Waals surface area contributed by atoms with Crippen molar-refractivity contribution < 1.29 is 9.90 Å². The van der Waals surface area contributed by atoms with Crippen molar-refractivity contribution in [1.29, 1.82) is 0 Å². The summed E-state index contributed by atoms with van der Waals surface area (Å²) < 4.78 is 1.74. The van der Waals surface area contributed by atoms with Crippen molar-refractivity contribution in [2.24, 2.45) is 0 Å². The number of aromatic nitrogens is 2. The van der Waals surface area contributed by atoms with Crippen LogP contribution in [0.4, 0.5) is 0 Å². The molecule has 2 rings (SSSR count). The fraction of sp³-hybridized carbons (Fsp3) is 0. The molecular formula is C11H6Br2N2O2S. The highest BCUT2D eigenvalue weighted by Crippen LogP contribution is 2.31. The van der Waals surface area contributed by atoms with E-state index in [9.17, 15) is 4.79 Å². The number of hydrogen-bond acceptors (Lipinski definition) is 4. The van der Waals surface area contributed by atoms with Crippen LogP contribution >= 0.6 is 43.6 Å². The first-order valence-corrected chi connectivity index (χ1v) is 7.15.